The van der Waals surface area contributed by atoms with E-state index >= 15 is 0 Å². The summed E-state index contributed by atoms with van der Waals surface area (Å²) in [6.07, 6.45) is 4.79. The fourth-order valence-electron chi connectivity index (χ4n) is 2.76. The van der Waals surface area contributed by atoms with Gasteiger partial charge < -0.3 is 9.64 Å². The zero-order valence-corrected chi connectivity index (χ0v) is 9.90. The standard InChI is InChI=1S/C12H21NO2/c1-8(2)12(14)15-11-6-9-4-5-10(7-11)13(9)3/h8-11H,4-7H2,1-3H3/t9-,10+,11?. The number of nitrogens with zero attached hydrogens (tertiary/aromatic N) is 1. The molecule has 0 amide bonds. The van der Waals surface area contributed by atoms with Crippen molar-refractivity contribution in [2.24, 2.45) is 5.92 Å². The second kappa shape index (κ2) is 4.12. The summed E-state index contributed by atoms with van der Waals surface area (Å²) in [6, 6.07) is 1.29. The number of carbonyl (C=O) groups excluding carboxylic acids is 1. The summed E-state index contributed by atoms with van der Waals surface area (Å²) in [7, 11) is 2.20. The molecule has 15 heavy (non-hydrogen) atoms. The summed E-state index contributed by atoms with van der Waals surface area (Å²) in [5, 5.41) is 0. The van der Waals surface area contributed by atoms with Gasteiger partial charge in [-0.1, -0.05) is 13.8 Å². The Morgan fingerprint density at radius 1 is 1.27 bits per heavy atom. The normalized spacial score (nSPS) is 35.9. The van der Waals surface area contributed by atoms with Gasteiger partial charge in [0.15, 0.2) is 0 Å². The molecule has 3 atom stereocenters. The Bertz CT molecular complexity index is 238. The summed E-state index contributed by atoms with van der Waals surface area (Å²) in [5.74, 6) is -0.0359. The van der Waals surface area contributed by atoms with Crippen molar-refractivity contribution in [2.45, 2.75) is 57.7 Å². The maximum atomic E-state index is 11.5. The minimum atomic E-state index is -0.0380. The Labute approximate surface area is 91.8 Å². The second-order valence-electron chi connectivity index (χ2n) is 5.24. The zero-order chi connectivity index (χ0) is 11.0. The third-order valence-corrected chi connectivity index (χ3v) is 3.81. The molecule has 0 saturated carbocycles. The quantitative estimate of drug-likeness (QED) is 0.652. The molecule has 1 unspecified atom stereocenters. The first kappa shape index (κ1) is 10.9. The van der Waals surface area contributed by atoms with Gasteiger partial charge in [-0.2, -0.15) is 0 Å². The van der Waals surface area contributed by atoms with Gasteiger partial charge >= 0.3 is 5.97 Å². The predicted molar refractivity (Wildman–Crippen MR) is 58.5 cm³/mol. The van der Waals surface area contributed by atoms with Crippen LogP contribution in [0.1, 0.15) is 39.5 Å². The van der Waals surface area contributed by atoms with E-state index in [1.165, 1.54) is 12.8 Å². The van der Waals surface area contributed by atoms with Gasteiger partial charge in [0.25, 0.3) is 0 Å². The number of hydrogen-bond donors (Lipinski definition) is 0. The molecular weight excluding hydrogens is 190 g/mol. The number of piperidine rings is 1. The Balaban J connectivity index is 1.89. The second-order valence-corrected chi connectivity index (χ2v) is 5.24. The van der Waals surface area contributed by atoms with E-state index in [0.717, 1.165) is 12.8 Å². The van der Waals surface area contributed by atoms with Crippen LogP contribution in [-0.4, -0.2) is 36.1 Å². The highest BCUT2D eigenvalue weighted by Crippen LogP contribution is 2.35. The predicted octanol–water partition coefficient (Wildman–Crippen LogP) is 1.81. The number of esters is 1. The van der Waals surface area contributed by atoms with Crippen LogP contribution in [0, 0.1) is 5.92 Å². The first-order chi connectivity index (χ1) is 7.08. The van der Waals surface area contributed by atoms with Crippen molar-refractivity contribution in [1.82, 2.24) is 4.90 Å². The van der Waals surface area contributed by atoms with E-state index in [1.807, 2.05) is 13.8 Å². The molecule has 0 aromatic carbocycles. The highest BCUT2D eigenvalue weighted by Gasteiger charge is 2.39. The molecule has 2 aliphatic heterocycles. The van der Waals surface area contributed by atoms with Crippen molar-refractivity contribution in [1.29, 1.82) is 0 Å². The van der Waals surface area contributed by atoms with E-state index < -0.39 is 0 Å². The van der Waals surface area contributed by atoms with Crippen LogP contribution in [-0.2, 0) is 9.53 Å². The number of ether oxygens (including phenoxy) is 1. The van der Waals surface area contributed by atoms with Crippen molar-refractivity contribution in [3.05, 3.63) is 0 Å². The van der Waals surface area contributed by atoms with Gasteiger partial charge in [-0.05, 0) is 32.7 Å². The number of carbonyl (C=O) groups is 1. The summed E-state index contributed by atoms with van der Waals surface area (Å²) in [6.45, 7) is 3.79. The molecule has 2 fully saturated rings. The zero-order valence-electron chi connectivity index (χ0n) is 9.90. The van der Waals surface area contributed by atoms with Crippen LogP contribution < -0.4 is 0 Å². The molecule has 0 spiro atoms. The van der Waals surface area contributed by atoms with Crippen molar-refractivity contribution in [3.8, 4) is 0 Å². The third kappa shape index (κ3) is 2.17. The highest BCUT2D eigenvalue weighted by atomic mass is 16.5. The topological polar surface area (TPSA) is 29.5 Å². The molecule has 3 nitrogen and oxygen atoms in total. The average Bonchev–Trinajstić information content (AvgIpc) is 2.41. The average molecular weight is 211 g/mol. The molecule has 0 aliphatic carbocycles. The maximum Gasteiger partial charge on any atom is 0.308 e. The molecule has 0 N–H and O–H groups in total. The molecule has 86 valence electrons. The molecule has 0 aromatic heterocycles. The van der Waals surface area contributed by atoms with Crippen LogP contribution in [0.5, 0.6) is 0 Å². The van der Waals surface area contributed by atoms with Crippen LogP contribution >= 0.6 is 0 Å². The fourth-order valence-corrected chi connectivity index (χ4v) is 2.76. The van der Waals surface area contributed by atoms with E-state index in [9.17, 15) is 4.79 Å². The Hall–Kier alpha value is -0.570. The number of fused-ring (bicyclic) bond motifs is 2. The molecule has 2 aliphatic rings. The molecule has 2 saturated heterocycles. The van der Waals surface area contributed by atoms with Crippen molar-refractivity contribution < 1.29 is 9.53 Å². The molecule has 0 aromatic rings. The van der Waals surface area contributed by atoms with E-state index in [1.54, 1.807) is 0 Å². The third-order valence-electron chi connectivity index (χ3n) is 3.81. The smallest absolute Gasteiger partial charge is 0.308 e. The van der Waals surface area contributed by atoms with Crippen molar-refractivity contribution in [2.75, 3.05) is 7.05 Å². The van der Waals surface area contributed by atoms with Crippen molar-refractivity contribution >= 4 is 5.97 Å². The van der Waals surface area contributed by atoms with Crippen LogP contribution in [0.3, 0.4) is 0 Å². The van der Waals surface area contributed by atoms with Crippen LogP contribution in [0.2, 0.25) is 0 Å². The first-order valence-corrected chi connectivity index (χ1v) is 6.00. The molecule has 2 bridgehead atoms. The Morgan fingerprint density at radius 2 is 1.80 bits per heavy atom. The van der Waals surface area contributed by atoms with Crippen LogP contribution in [0.4, 0.5) is 0 Å². The Kier molecular flexibility index (Phi) is 3.01. The summed E-state index contributed by atoms with van der Waals surface area (Å²) >= 11 is 0. The van der Waals surface area contributed by atoms with Crippen LogP contribution in [0.15, 0.2) is 0 Å². The van der Waals surface area contributed by atoms with Crippen LogP contribution in [0.25, 0.3) is 0 Å². The molecular formula is C12H21NO2. The lowest BCUT2D eigenvalue weighted by Crippen LogP contribution is -2.43. The monoisotopic (exact) mass is 211 g/mol. The molecule has 0 radical (unpaired) electrons. The molecule has 3 heteroatoms. The van der Waals surface area contributed by atoms with Gasteiger partial charge in [0, 0.05) is 12.1 Å². The van der Waals surface area contributed by atoms with Gasteiger partial charge in [-0.15, -0.1) is 0 Å². The number of hydrogen-bond acceptors (Lipinski definition) is 3. The molecule has 2 heterocycles. The lowest BCUT2D eigenvalue weighted by Gasteiger charge is -2.36. The van der Waals surface area contributed by atoms with Gasteiger partial charge in [0.2, 0.25) is 0 Å². The van der Waals surface area contributed by atoms with Gasteiger partial charge in [-0.25, -0.2) is 0 Å². The van der Waals surface area contributed by atoms with Gasteiger partial charge in [-0.3, -0.25) is 4.79 Å². The minimum Gasteiger partial charge on any atom is -0.462 e. The molecule has 2 rings (SSSR count). The Morgan fingerprint density at radius 3 is 2.27 bits per heavy atom. The number of rotatable bonds is 2. The largest absolute Gasteiger partial charge is 0.462 e. The lowest BCUT2D eigenvalue weighted by atomic mass is 10.0. The van der Waals surface area contributed by atoms with E-state index in [0.29, 0.717) is 12.1 Å². The lowest BCUT2D eigenvalue weighted by molar-refractivity contribution is -0.156. The van der Waals surface area contributed by atoms with Crippen molar-refractivity contribution in [3.63, 3.8) is 0 Å². The first-order valence-electron chi connectivity index (χ1n) is 6.00. The highest BCUT2D eigenvalue weighted by molar-refractivity contribution is 5.71. The summed E-state index contributed by atoms with van der Waals surface area (Å²) in [4.78, 5) is 13.9. The minimum absolute atomic E-state index is 0.00214. The summed E-state index contributed by atoms with van der Waals surface area (Å²) in [5.41, 5.74) is 0. The van der Waals surface area contributed by atoms with E-state index in [2.05, 4.69) is 11.9 Å². The van der Waals surface area contributed by atoms with Gasteiger partial charge in [0.05, 0.1) is 5.92 Å². The summed E-state index contributed by atoms with van der Waals surface area (Å²) < 4.78 is 5.52. The van der Waals surface area contributed by atoms with E-state index in [-0.39, 0.29) is 18.0 Å². The van der Waals surface area contributed by atoms with Gasteiger partial charge in [0.1, 0.15) is 6.10 Å². The van der Waals surface area contributed by atoms with E-state index in [4.69, 9.17) is 4.74 Å². The maximum absolute atomic E-state index is 11.5. The fraction of sp³-hybridized carbons (Fsp3) is 0.917. The SMILES string of the molecule is CC(C)C(=O)OC1C[C@H]2CC[C@@H](C1)N2C.